The van der Waals surface area contributed by atoms with Gasteiger partial charge in [0.1, 0.15) is 5.69 Å². The molecule has 0 aliphatic carbocycles. The van der Waals surface area contributed by atoms with Crippen molar-refractivity contribution in [3.05, 3.63) is 59.7 Å². The molecule has 2 aromatic carbocycles. The first-order valence-corrected chi connectivity index (χ1v) is 8.10. The van der Waals surface area contributed by atoms with Gasteiger partial charge in [0.05, 0.1) is 0 Å². The van der Waals surface area contributed by atoms with Crippen LogP contribution < -0.4 is 15.5 Å². The van der Waals surface area contributed by atoms with Crippen LogP contribution in [0.5, 0.6) is 0 Å². The molecule has 5 nitrogen and oxygen atoms in total. The van der Waals surface area contributed by atoms with E-state index < -0.39 is 23.6 Å². The maximum Gasteiger partial charge on any atom is 0.251 e. The summed E-state index contributed by atoms with van der Waals surface area (Å²) in [6.45, 7) is 1.68. The van der Waals surface area contributed by atoms with Crippen LogP contribution in [0, 0.1) is 11.6 Å². The highest BCUT2D eigenvalue weighted by atomic mass is 19.1. The van der Waals surface area contributed by atoms with Gasteiger partial charge in [0.25, 0.3) is 5.91 Å². The minimum absolute atomic E-state index is 0.0252. The van der Waals surface area contributed by atoms with Crippen molar-refractivity contribution in [2.75, 3.05) is 24.3 Å². The van der Waals surface area contributed by atoms with Gasteiger partial charge in [0.15, 0.2) is 11.6 Å². The van der Waals surface area contributed by atoms with E-state index in [2.05, 4.69) is 10.6 Å². The molecule has 0 aromatic heterocycles. The van der Waals surface area contributed by atoms with Gasteiger partial charge in [-0.1, -0.05) is 18.2 Å². The molecule has 2 aromatic rings. The fourth-order valence-electron chi connectivity index (χ4n) is 2.50. The zero-order chi connectivity index (χ0) is 19.3. The molecule has 0 aliphatic rings. The van der Waals surface area contributed by atoms with Crippen molar-refractivity contribution in [2.45, 2.75) is 19.4 Å². The molecule has 26 heavy (non-hydrogen) atoms. The van der Waals surface area contributed by atoms with Gasteiger partial charge in [-0.05, 0) is 31.2 Å². The van der Waals surface area contributed by atoms with Crippen molar-refractivity contribution in [2.24, 2.45) is 0 Å². The molecule has 0 fully saturated rings. The Labute approximate surface area is 151 Å². The van der Waals surface area contributed by atoms with Gasteiger partial charge in [-0.3, -0.25) is 9.59 Å². The van der Waals surface area contributed by atoms with Gasteiger partial charge >= 0.3 is 0 Å². The highest BCUT2D eigenvalue weighted by Gasteiger charge is 2.16. The smallest absolute Gasteiger partial charge is 0.251 e. The summed E-state index contributed by atoms with van der Waals surface area (Å²) in [5.74, 6) is -2.29. The van der Waals surface area contributed by atoms with Gasteiger partial charge in [-0.2, -0.15) is 0 Å². The molecule has 2 rings (SSSR count). The maximum absolute atomic E-state index is 13.9. The first-order chi connectivity index (χ1) is 12.3. The Bertz CT molecular complexity index is 772. The Morgan fingerprint density at radius 2 is 1.65 bits per heavy atom. The molecule has 0 saturated heterocycles. The van der Waals surface area contributed by atoms with E-state index in [0.717, 1.165) is 12.1 Å². The Morgan fingerprint density at radius 1 is 1.08 bits per heavy atom. The van der Waals surface area contributed by atoms with Crippen LogP contribution in [0.1, 0.15) is 23.7 Å². The molecule has 0 saturated carbocycles. The number of amides is 2. The monoisotopic (exact) mass is 361 g/mol. The minimum Gasteiger partial charge on any atom is -0.373 e. The lowest BCUT2D eigenvalue weighted by Crippen LogP contribution is -2.35. The minimum atomic E-state index is -0.768. The number of carbonyl (C=O) groups is 2. The molecule has 0 heterocycles. The third-order valence-corrected chi connectivity index (χ3v) is 3.65. The molecule has 2 amide bonds. The molecule has 0 radical (unpaired) electrons. The SMILES string of the molecule is CC(CC(=O)Nc1cc(F)c(N(C)C)c(F)c1)NC(=O)c1ccccc1. The summed E-state index contributed by atoms with van der Waals surface area (Å²) in [5.41, 5.74) is 0.340. The quantitative estimate of drug-likeness (QED) is 0.831. The molecular weight excluding hydrogens is 340 g/mol. The number of nitrogens with zero attached hydrogens (tertiary/aromatic N) is 1. The highest BCUT2D eigenvalue weighted by Crippen LogP contribution is 2.25. The third-order valence-electron chi connectivity index (χ3n) is 3.65. The molecule has 0 aliphatic heterocycles. The number of hydrogen-bond donors (Lipinski definition) is 2. The van der Waals surface area contributed by atoms with Gasteiger partial charge in [0.2, 0.25) is 5.91 Å². The van der Waals surface area contributed by atoms with Crippen LogP contribution >= 0.6 is 0 Å². The molecule has 1 atom stereocenters. The molecule has 1 unspecified atom stereocenters. The predicted molar refractivity (Wildman–Crippen MR) is 97.3 cm³/mol. The van der Waals surface area contributed by atoms with Crippen LogP contribution in [0.15, 0.2) is 42.5 Å². The second-order valence-corrected chi connectivity index (χ2v) is 6.18. The number of carbonyl (C=O) groups excluding carboxylic acids is 2. The standard InChI is InChI=1S/C19H21F2N3O2/c1-12(22-19(26)13-7-5-4-6-8-13)9-17(25)23-14-10-15(20)18(24(2)3)16(21)11-14/h4-8,10-12H,9H2,1-3H3,(H,22,26)(H,23,25). The first kappa shape index (κ1) is 19.4. The number of anilines is 2. The number of halogens is 2. The maximum atomic E-state index is 13.9. The largest absolute Gasteiger partial charge is 0.373 e. The van der Waals surface area contributed by atoms with Crippen LogP contribution in [0.4, 0.5) is 20.2 Å². The van der Waals surface area contributed by atoms with Gasteiger partial charge in [-0.25, -0.2) is 8.78 Å². The summed E-state index contributed by atoms with van der Waals surface area (Å²) in [4.78, 5) is 25.4. The predicted octanol–water partition coefficient (Wildman–Crippen LogP) is 3.18. The Kier molecular flexibility index (Phi) is 6.27. The van der Waals surface area contributed by atoms with Crippen LogP contribution in [0.25, 0.3) is 0 Å². The Balaban J connectivity index is 1.95. The third kappa shape index (κ3) is 5.02. The van der Waals surface area contributed by atoms with E-state index in [1.54, 1.807) is 37.3 Å². The number of hydrogen-bond acceptors (Lipinski definition) is 3. The molecule has 0 spiro atoms. The van der Waals surface area contributed by atoms with E-state index in [1.165, 1.54) is 19.0 Å². The first-order valence-electron chi connectivity index (χ1n) is 8.10. The van der Waals surface area contributed by atoms with E-state index in [9.17, 15) is 18.4 Å². The lowest BCUT2D eigenvalue weighted by Gasteiger charge is -2.17. The summed E-state index contributed by atoms with van der Waals surface area (Å²) in [6.07, 6.45) is -0.0305. The van der Waals surface area contributed by atoms with Crippen molar-refractivity contribution >= 4 is 23.2 Å². The van der Waals surface area contributed by atoms with Crippen LogP contribution in [0.2, 0.25) is 0 Å². The number of rotatable bonds is 6. The molecule has 138 valence electrons. The molecule has 0 bridgehead atoms. The zero-order valence-electron chi connectivity index (χ0n) is 14.8. The summed E-state index contributed by atoms with van der Waals surface area (Å²) in [5, 5.41) is 5.15. The lowest BCUT2D eigenvalue weighted by molar-refractivity contribution is -0.116. The fourth-order valence-corrected chi connectivity index (χ4v) is 2.50. The van der Waals surface area contributed by atoms with E-state index in [-0.39, 0.29) is 23.7 Å². The van der Waals surface area contributed by atoms with Crippen molar-refractivity contribution in [1.29, 1.82) is 0 Å². The summed E-state index contributed by atoms with van der Waals surface area (Å²) >= 11 is 0. The van der Waals surface area contributed by atoms with E-state index >= 15 is 0 Å². The fraction of sp³-hybridized carbons (Fsp3) is 0.263. The van der Waals surface area contributed by atoms with Gasteiger partial charge < -0.3 is 15.5 Å². The molecule has 2 N–H and O–H groups in total. The number of nitrogens with one attached hydrogen (secondary N) is 2. The van der Waals surface area contributed by atoms with Crippen molar-refractivity contribution < 1.29 is 18.4 Å². The van der Waals surface area contributed by atoms with Gasteiger partial charge in [0, 0.05) is 37.8 Å². The van der Waals surface area contributed by atoms with Crippen molar-refractivity contribution in [1.82, 2.24) is 5.32 Å². The van der Waals surface area contributed by atoms with Gasteiger partial charge in [-0.15, -0.1) is 0 Å². The Hall–Kier alpha value is -2.96. The van der Waals surface area contributed by atoms with Crippen LogP contribution in [0.3, 0.4) is 0 Å². The average molecular weight is 361 g/mol. The molecular formula is C19H21F2N3O2. The van der Waals surface area contributed by atoms with E-state index in [0.29, 0.717) is 5.56 Å². The van der Waals surface area contributed by atoms with Crippen molar-refractivity contribution in [3.63, 3.8) is 0 Å². The average Bonchev–Trinajstić information content (AvgIpc) is 2.54. The lowest BCUT2D eigenvalue weighted by atomic mass is 10.1. The summed E-state index contributed by atoms with van der Waals surface area (Å²) in [6, 6.07) is 10.3. The normalized spacial score (nSPS) is 11.6. The van der Waals surface area contributed by atoms with Crippen LogP contribution in [-0.2, 0) is 4.79 Å². The highest BCUT2D eigenvalue weighted by molar-refractivity contribution is 5.95. The molecule has 7 heteroatoms. The summed E-state index contributed by atoms with van der Waals surface area (Å²) in [7, 11) is 3.05. The Morgan fingerprint density at radius 3 is 2.19 bits per heavy atom. The number of benzene rings is 2. The second kappa shape index (κ2) is 8.42. The zero-order valence-corrected chi connectivity index (χ0v) is 14.8. The van der Waals surface area contributed by atoms with E-state index in [1.807, 2.05) is 0 Å². The van der Waals surface area contributed by atoms with Crippen molar-refractivity contribution in [3.8, 4) is 0 Å². The second-order valence-electron chi connectivity index (χ2n) is 6.18. The van der Waals surface area contributed by atoms with E-state index in [4.69, 9.17) is 0 Å². The topological polar surface area (TPSA) is 61.4 Å². The summed E-state index contributed by atoms with van der Waals surface area (Å²) < 4.78 is 27.9. The van der Waals surface area contributed by atoms with Crippen LogP contribution in [-0.4, -0.2) is 32.0 Å².